The summed E-state index contributed by atoms with van der Waals surface area (Å²) in [6.07, 6.45) is 7.99. The van der Waals surface area contributed by atoms with Crippen LogP contribution in [-0.4, -0.2) is 44.2 Å². The van der Waals surface area contributed by atoms with Crippen LogP contribution in [0.3, 0.4) is 0 Å². The summed E-state index contributed by atoms with van der Waals surface area (Å²) in [7, 11) is -3.04. The molecule has 0 bridgehead atoms. The fraction of sp³-hybridized carbons (Fsp3) is 1.00. The third-order valence-electron chi connectivity index (χ3n) is 4.44. The molecule has 0 amide bonds. The maximum absolute atomic E-state index is 12.5. The number of nitrogens with zero attached hydrogens (tertiary/aromatic N) is 1. The van der Waals surface area contributed by atoms with Gasteiger partial charge in [0, 0.05) is 19.1 Å². The summed E-state index contributed by atoms with van der Waals surface area (Å²) in [6, 6.07) is 0.347. The van der Waals surface area contributed by atoms with E-state index in [0.717, 1.165) is 38.8 Å². The zero-order chi connectivity index (χ0) is 13.7. The average molecular weight is 288 g/mol. The minimum absolute atomic E-state index is 0.347. The van der Waals surface area contributed by atoms with Crippen molar-refractivity contribution in [1.82, 2.24) is 9.62 Å². The first kappa shape index (κ1) is 15.3. The number of nitrogens with one attached hydrogen (secondary N) is 1. The van der Waals surface area contributed by atoms with Crippen LogP contribution < -0.4 is 5.32 Å². The van der Waals surface area contributed by atoms with E-state index < -0.39 is 10.0 Å². The molecular formula is C14H28N2O2S. The molecule has 112 valence electrons. The Balaban J connectivity index is 1.90. The lowest BCUT2D eigenvalue weighted by atomic mass is 9.91. The Morgan fingerprint density at radius 2 is 1.84 bits per heavy atom. The van der Waals surface area contributed by atoms with E-state index in [0.29, 0.717) is 24.3 Å². The molecule has 1 saturated carbocycles. The standard InChI is InChI=1S/C14H28N2O2S/c1-2-15-14-9-6-10-16(11-14)19(17,18)12-13-7-4-3-5-8-13/h13-15H,2-12H2,1H3. The van der Waals surface area contributed by atoms with Gasteiger partial charge in [-0.1, -0.05) is 26.2 Å². The van der Waals surface area contributed by atoms with E-state index >= 15 is 0 Å². The molecule has 1 unspecified atom stereocenters. The summed E-state index contributed by atoms with van der Waals surface area (Å²) < 4.78 is 26.7. The van der Waals surface area contributed by atoms with E-state index in [4.69, 9.17) is 0 Å². The van der Waals surface area contributed by atoms with E-state index in [-0.39, 0.29) is 0 Å². The van der Waals surface area contributed by atoms with Gasteiger partial charge in [0.2, 0.25) is 10.0 Å². The summed E-state index contributed by atoms with van der Waals surface area (Å²) >= 11 is 0. The SMILES string of the molecule is CCNC1CCCN(S(=O)(=O)CC2CCCCC2)C1. The van der Waals surface area contributed by atoms with E-state index in [9.17, 15) is 8.42 Å². The van der Waals surface area contributed by atoms with Crippen LogP contribution in [0.1, 0.15) is 51.9 Å². The van der Waals surface area contributed by atoms with Gasteiger partial charge in [0.1, 0.15) is 0 Å². The van der Waals surface area contributed by atoms with Gasteiger partial charge in [-0.05, 0) is 38.1 Å². The summed E-state index contributed by atoms with van der Waals surface area (Å²) in [5, 5.41) is 3.38. The molecule has 1 saturated heterocycles. The summed E-state index contributed by atoms with van der Waals surface area (Å²) in [4.78, 5) is 0. The van der Waals surface area contributed by atoms with Gasteiger partial charge >= 0.3 is 0 Å². The number of piperidine rings is 1. The minimum atomic E-state index is -3.04. The van der Waals surface area contributed by atoms with E-state index in [1.54, 1.807) is 4.31 Å². The van der Waals surface area contributed by atoms with Crippen molar-refractivity contribution in [2.24, 2.45) is 5.92 Å². The Labute approximate surface area is 118 Å². The maximum Gasteiger partial charge on any atom is 0.214 e. The van der Waals surface area contributed by atoms with Gasteiger partial charge in [-0.15, -0.1) is 0 Å². The normalized spacial score (nSPS) is 27.5. The molecule has 1 aliphatic carbocycles. The van der Waals surface area contributed by atoms with E-state index in [2.05, 4.69) is 12.2 Å². The Bertz CT molecular complexity index is 362. The van der Waals surface area contributed by atoms with Crippen LogP contribution in [0.4, 0.5) is 0 Å². The van der Waals surface area contributed by atoms with Crippen LogP contribution in [0.25, 0.3) is 0 Å². The first-order valence-corrected chi connectivity index (χ1v) is 9.44. The first-order chi connectivity index (χ1) is 9.12. The molecule has 1 N–H and O–H groups in total. The van der Waals surface area contributed by atoms with Gasteiger partial charge in [0.25, 0.3) is 0 Å². The zero-order valence-electron chi connectivity index (χ0n) is 12.1. The number of sulfonamides is 1. The van der Waals surface area contributed by atoms with Gasteiger partial charge in [-0.3, -0.25) is 0 Å². The Morgan fingerprint density at radius 3 is 2.53 bits per heavy atom. The van der Waals surface area contributed by atoms with Crippen LogP contribution in [0.2, 0.25) is 0 Å². The van der Waals surface area contributed by atoms with Crippen molar-refractivity contribution in [3.63, 3.8) is 0 Å². The second-order valence-electron chi connectivity index (χ2n) is 6.04. The van der Waals surface area contributed by atoms with Crippen molar-refractivity contribution < 1.29 is 8.42 Å². The highest BCUT2D eigenvalue weighted by Gasteiger charge is 2.30. The molecule has 19 heavy (non-hydrogen) atoms. The molecule has 0 aromatic heterocycles. The number of hydrogen-bond acceptors (Lipinski definition) is 3. The molecule has 4 nitrogen and oxygen atoms in total. The summed E-state index contributed by atoms with van der Waals surface area (Å²) in [6.45, 7) is 4.39. The fourth-order valence-corrected chi connectivity index (χ4v) is 5.36. The number of likely N-dealkylation sites (N-methyl/N-ethyl adjacent to an activating group) is 1. The van der Waals surface area contributed by atoms with Crippen molar-refractivity contribution >= 4 is 10.0 Å². The van der Waals surface area contributed by atoms with Gasteiger partial charge in [0.15, 0.2) is 0 Å². The predicted molar refractivity (Wildman–Crippen MR) is 78.6 cm³/mol. The van der Waals surface area contributed by atoms with Crippen LogP contribution in [0.5, 0.6) is 0 Å². The Hall–Kier alpha value is -0.130. The second kappa shape index (κ2) is 7.04. The van der Waals surface area contributed by atoms with Crippen molar-refractivity contribution in [1.29, 1.82) is 0 Å². The lowest BCUT2D eigenvalue weighted by molar-refractivity contribution is 0.282. The molecule has 0 aromatic carbocycles. The second-order valence-corrected chi connectivity index (χ2v) is 8.05. The largest absolute Gasteiger partial charge is 0.313 e. The highest BCUT2D eigenvalue weighted by atomic mass is 32.2. The number of rotatable bonds is 5. The molecule has 1 atom stereocenters. The topological polar surface area (TPSA) is 49.4 Å². The molecule has 0 spiro atoms. The Morgan fingerprint density at radius 1 is 1.11 bits per heavy atom. The highest BCUT2D eigenvalue weighted by Crippen LogP contribution is 2.26. The molecule has 0 radical (unpaired) electrons. The Kier molecular flexibility index (Phi) is 5.66. The molecule has 2 aliphatic rings. The third-order valence-corrected chi connectivity index (χ3v) is 6.45. The van der Waals surface area contributed by atoms with Crippen LogP contribution in [0.15, 0.2) is 0 Å². The lowest BCUT2D eigenvalue weighted by Gasteiger charge is -2.33. The molecule has 1 aliphatic heterocycles. The third kappa shape index (κ3) is 4.43. The molecular weight excluding hydrogens is 260 g/mol. The molecule has 5 heteroatoms. The summed E-state index contributed by atoms with van der Waals surface area (Å²) in [5.41, 5.74) is 0. The molecule has 2 rings (SSSR count). The lowest BCUT2D eigenvalue weighted by Crippen LogP contribution is -2.49. The average Bonchev–Trinajstić information content (AvgIpc) is 2.40. The van der Waals surface area contributed by atoms with Crippen LogP contribution in [-0.2, 0) is 10.0 Å². The van der Waals surface area contributed by atoms with Crippen molar-refractivity contribution in [3.05, 3.63) is 0 Å². The molecule has 2 fully saturated rings. The van der Waals surface area contributed by atoms with Crippen molar-refractivity contribution in [3.8, 4) is 0 Å². The maximum atomic E-state index is 12.5. The predicted octanol–water partition coefficient (Wildman–Crippen LogP) is 1.97. The minimum Gasteiger partial charge on any atom is -0.313 e. The zero-order valence-corrected chi connectivity index (χ0v) is 12.9. The van der Waals surface area contributed by atoms with Gasteiger partial charge in [-0.25, -0.2) is 12.7 Å². The number of hydrogen-bond donors (Lipinski definition) is 1. The first-order valence-electron chi connectivity index (χ1n) is 7.83. The van der Waals surface area contributed by atoms with Crippen LogP contribution >= 0.6 is 0 Å². The molecule has 0 aromatic rings. The van der Waals surface area contributed by atoms with E-state index in [1.165, 1.54) is 19.3 Å². The molecule has 1 heterocycles. The van der Waals surface area contributed by atoms with Crippen LogP contribution in [0, 0.1) is 5.92 Å². The van der Waals surface area contributed by atoms with Gasteiger partial charge < -0.3 is 5.32 Å². The van der Waals surface area contributed by atoms with E-state index in [1.807, 2.05) is 0 Å². The monoisotopic (exact) mass is 288 g/mol. The smallest absolute Gasteiger partial charge is 0.214 e. The van der Waals surface area contributed by atoms with Gasteiger partial charge in [-0.2, -0.15) is 0 Å². The highest BCUT2D eigenvalue weighted by molar-refractivity contribution is 7.89. The quantitative estimate of drug-likeness (QED) is 0.841. The van der Waals surface area contributed by atoms with Crippen molar-refractivity contribution in [2.45, 2.75) is 57.9 Å². The van der Waals surface area contributed by atoms with Gasteiger partial charge in [0.05, 0.1) is 5.75 Å². The fourth-order valence-electron chi connectivity index (χ4n) is 3.41. The summed E-state index contributed by atoms with van der Waals surface area (Å²) in [5.74, 6) is 0.782. The van der Waals surface area contributed by atoms with Crippen molar-refractivity contribution in [2.75, 3.05) is 25.4 Å².